The number of hydrogen-bond acceptors (Lipinski definition) is 4. The van der Waals surface area contributed by atoms with E-state index in [4.69, 9.17) is 4.52 Å². The van der Waals surface area contributed by atoms with E-state index in [1.54, 1.807) is 11.0 Å². The molecular weight excluding hydrogens is 364 g/mol. The smallest absolute Gasteiger partial charge is 0.292 e. The van der Waals surface area contributed by atoms with E-state index in [1.165, 1.54) is 0 Å². The molecule has 3 aromatic rings. The Bertz CT molecular complexity index is 1030. The minimum atomic E-state index is -0.169. The van der Waals surface area contributed by atoms with E-state index in [0.717, 1.165) is 22.3 Å². The zero-order chi connectivity index (χ0) is 20.4. The third kappa shape index (κ3) is 3.99. The summed E-state index contributed by atoms with van der Waals surface area (Å²) in [6, 6.07) is 17.2. The summed E-state index contributed by atoms with van der Waals surface area (Å²) in [5.74, 6) is 0.204. The Morgan fingerprint density at radius 3 is 2.41 bits per heavy atom. The van der Waals surface area contributed by atoms with E-state index < -0.39 is 0 Å². The first-order chi connectivity index (χ1) is 14.0. The van der Waals surface area contributed by atoms with E-state index in [1.807, 2.05) is 62.4 Å². The first kappa shape index (κ1) is 19.1. The molecule has 0 unspecified atom stereocenters. The summed E-state index contributed by atoms with van der Waals surface area (Å²) < 4.78 is 5.30. The number of rotatable bonds is 4. The maximum absolute atomic E-state index is 12.9. The van der Waals surface area contributed by atoms with Gasteiger partial charge in [0.05, 0.1) is 0 Å². The molecule has 1 saturated heterocycles. The van der Waals surface area contributed by atoms with Crippen molar-refractivity contribution in [1.82, 2.24) is 10.1 Å². The third-order valence-corrected chi connectivity index (χ3v) is 5.59. The number of aromatic nitrogens is 1. The highest BCUT2D eigenvalue weighted by Crippen LogP contribution is 2.26. The average molecular weight is 388 g/mol. The molecule has 1 aromatic heterocycles. The summed E-state index contributed by atoms with van der Waals surface area (Å²) >= 11 is 0. The first-order valence-corrected chi connectivity index (χ1v) is 9.96. The van der Waals surface area contributed by atoms with Crippen LogP contribution in [0.5, 0.6) is 0 Å². The number of aryl methyl sites for hydroxylation is 2. The molecule has 0 saturated carbocycles. The van der Waals surface area contributed by atoms with Crippen LogP contribution in [-0.4, -0.2) is 34.8 Å². The summed E-state index contributed by atoms with van der Waals surface area (Å²) in [6.07, 6.45) is 1.33. The summed E-state index contributed by atoms with van der Waals surface area (Å²) in [5.41, 5.74) is 4.52. The number of carbonyl (C=O) groups is 2. The fourth-order valence-corrected chi connectivity index (χ4v) is 3.93. The molecule has 1 fully saturated rings. The molecule has 2 heterocycles. The largest absolute Gasteiger partial charge is 0.350 e. The summed E-state index contributed by atoms with van der Waals surface area (Å²) in [4.78, 5) is 27.4. The molecule has 0 N–H and O–H groups in total. The van der Waals surface area contributed by atoms with E-state index in [0.29, 0.717) is 31.6 Å². The van der Waals surface area contributed by atoms with Crippen molar-refractivity contribution in [3.05, 3.63) is 77.0 Å². The number of Topliss-reactive ketones (excluding diaryl/α,β-unsaturated/α-hetero) is 1. The lowest BCUT2D eigenvalue weighted by Gasteiger charge is -2.30. The van der Waals surface area contributed by atoms with Gasteiger partial charge in [-0.1, -0.05) is 59.3 Å². The molecule has 2 aromatic carbocycles. The van der Waals surface area contributed by atoms with Crippen LogP contribution >= 0.6 is 0 Å². The van der Waals surface area contributed by atoms with Gasteiger partial charge in [0.15, 0.2) is 5.78 Å². The fraction of sp³-hybridized carbons (Fsp3) is 0.292. The average Bonchev–Trinajstić information content (AvgIpc) is 3.24. The molecule has 5 nitrogen and oxygen atoms in total. The minimum absolute atomic E-state index is 0.0462. The number of amides is 1. The third-order valence-electron chi connectivity index (χ3n) is 5.59. The van der Waals surface area contributed by atoms with Crippen LogP contribution in [0.3, 0.4) is 0 Å². The lowest BCUT2D eigenvalue weighted by molar-refractivity contribution is 0.0616. The zero-order valence-electron chi connectivity index (χ0n) is 16.7. The molecule has 0 bridgehead atoms. The Morgan fingerprint density at radius 2 is 1.72 bits per heavy atom. The molecule has 1 amide bonds. The molecule has 148 valence electrons. The highest BCUT2D eigenvalue weighted by molar-refractivity contribution is 5.99. The van der Waals surface area contributed by atoms with Crippen molar-refractivity contribution < 1.29 is 14.1 Å². The van der Waals surface area contributed by atoms with Crippen LogP contribution < -0.4 is 0 Å². The summed E-state index contributed by atoms with van der Waals surface area (Å²) in [5, 5.41) is 4.03. The van der Waals surface area contributed by atoms with Gasteiger partial charge in [-0.3, -0.25) is 9.59 Å². The van der Waals surface area contributed by atoms with Gasteiger partial charge in [-0.25, -0.2) is 0 Å². The van der Waals surface area contributed by atoms with E-state index in [2.05, 4.69) is 5.16 Å². The standard InChI is InChI=1S/C24H24N2O3/c1-16-8-9-20(17(2)14-16)23(27)19-10-12-26(13-11-19)24(28)22-15-21(25-29-22)18-6-4-3-5-7-18/h3-9,14-15,19H,10-13H2,1-2H3. The Balaban J connectivity index is 1.40. The van der Waals surface area contributed by atoms with Crippen LogP contribution in [0, 0.1) is 19.8 Å². The number of benzene rings is 2. The number of hydrogen-bond donors (Lipinski definition) is 0. The van der Waals surface area contributed by atoms with E-state index >= 15 is 0 Å². The van der Waals surface area contributed by atoms with Crippen LogP contribution in [0.15, 0.2) is 59.1 Å². The molecule has 0 aliphatic carbocycles. The molecule has 1 aliphatic rings. The summed E-state index contributed by atoms with van der Waals surface area (Å²) in [7, 11) is 0. The van der Waals surface area contributed by atoms with Gasteiger partial charge in [0.2, 0.25) is 5.76 Å². The number of carbonyl (C=O) groups excluding carboxylic acids is 2. The van der Waals surface area contributed by atoms with Crippen LogP contribution in [0.4, 0.5) is 0 Å². The van der Waals surface area contributed by atoms with Crippen molar-refractivity contribution in [2.24, 2.45) is 5.92 Å². The van der Waals surface area contributed by atoms with Gasteiger partial charge in [-0.2, -0.15) is 0 Å². The molecule has 4 rings (SSSR count). The molecule has 0 atom stereocenters. The van der Waals surface area contributed by atoms with Gasteiger partial charge in [0, 0.05) is 36.2 Å². The molecule has 1 aliphatic heterocycles. The number of ketones is 1. The van der Waals surface area contributed by atoms with Crippen molar-refractivity contribution in [1.29, 1.82) is 0 Å². The van der Waals surface area contributed by atoms with Gasteiger partial charge in [-0.05, 0) is 32.3 Å². The number of piperidine rings is 1. The van der Waals surface area contributed by atoms with Crippen LogP contribution in [0.25, 0.3) is 11.3 Å². The van der Waals surface area contributed by atoms with Crippen LogP contribution in [0.1, 0.15) is 44.9 Å². The van der Waals surface area contributed by atoms with E-state index in [-0.39, 0.29) is 23.4 Å². The first-order valence-electron chi connectivity index (χ1n) is 9.96. The van der Waals surface area contributed by atoms with Gasteiger partial charge in [-0.15, -0.1) is 0 Å². The lowest BCUT2D eigenvalue weighted by Crippen LogP contribution is -2.40. The van der Waals surface area contributed by atoms with Gasteiger partial charge < -0.3 is 9.42 Å². The Labute approximate surface area is 170 Å². The topological polar surface area (TPSA) is 63.4 Å². The second-order valence-electron chi connectivity index (χ2n) is 7.69. The van der Waals surface area contributed by atoms with Gasteiger partial charge >= 0.3 is 0 Å². The van der Waals surface area contributed by atoms with Crippen molar-refractivity contribution in [3.63, 3.8) is 0 Å². The maximum Gasteiger partial charge on any atom is 0.292 e. The van der Waals surface area contributed by atoms with Gasteiger partial charge in [0.25, 0.3) is 5.91 Å². The van der Waals surface area contributed by atoms with Crippen molar-refractivity contribution >= 4 is 11.7 Å². The number of nitrogens with zero attached hydrogens (tertiary/aromatic N) is 2. The zero-order valence-corrected chi connectivity index (χ0v) is 16.7. The van der Waals surface area contributed by atoms with E-state index in [9.17, 15) is 9.59 Å². The van der Waals surface area contributed by atoms with Crippen molar-refractivity contribution in [2.45, 2.75) is 26.7 Å². The predicted octanol–water partition coefficient (Wildman–Crippen LogP) is 4.69. The highest BCUT2D eigenvalue weighted by atomic mass is 16.5. The van der Waals surface area contributed by atoms with Crippen molar-refractivity contribution in [2.75, 3.05) is 13.1 Å². The molecule has 0 spiro atoms. The SMILES string of the molecule is Cc1ccc(C(=O)C2CCN(C(=O)c3cc(-c4ccccc4)no3)CC2)c(C)c1. The number of likely N-dealkylation sites (tertiary alicyclic amines) is 1. The molecular formula is C24H24N2O3. The normalized spacial score (nSPS) is 14.8. The Kier molecular flexibility index (Phi) is 5.30. The quantitative estimate of drug-likeness (QED) is 0.608. The Hall–Kier alpha value is -3.21. The molecule has 0 radical (unpaired) electrons. The highest BCUT2D eigenvalue weighted by Gasteiger charge is 2.30. The summed E-state index contributed by atoms with van der Waals surface area (Å²) in [6.45, 7) is 5.09. The van der Waals surface area contributed by atoms with Crippen molar-refractivity contribution in [3.8, 4) is 11.3 Å². The second kappa shape index (κ2) is 8.03. The van der Waals surface area contributed by atoms with Crippen LogP contribution in [0.2, 0.25) is 0 Å². The lowest BCUT2D eigenvalue weighted by atomic mass is 9.87. The second-order valence-corrected chi connectivity index (χ2v) is 7.69. The maximum atomic E-state index is 12.9. The van der Waals surface area contributed by atoms with Crippen LogP contribution in [-0.2, 0) is 0 Å². The fourth-order valence-electron chi connectivity index (χ4n) is 3.93. The minimum Gasteiger partial charge on any atom is -0.350 e. The molecule has 29 heavy (non-hydrogen) atoms. The van der Waals surface area contributed by atoms with Gasteiger partial charge in [0.1, 0.15) is 5.69 Å². The monoisotopic (exact) mass is 388 g/mol. The Morgan fingerprint density at radius 1 is 1.00 bits per heavy atom. The molecule has 5 heteroatoms. The predicted molar refractivity (Wildman–Crippen MR) is 111 cm³/mol.